The maximum atomic E-state index is 12.0. The number of nitrogens with one attached hydrogen (secondary N) is 2. The summed E-state index contributed by atoms with van der Waals surface area (Å²) in [5.41, 5.74) is 0.679. The van der Waals surface area contributed by atoms with Gasteiger partial charge in [-0.05, 0) is 25.5 Å². The van der Waals surface area contributed by atoms with E-state index in [1.165, 1.54) is 0 Å². The van der Waals surface area contributed by atoms with Gasteiger partial charge in [0.2, 0.25) is 5.91 Å². The van der Waals surface area contributed by atoms with Crippen LogP contribution in [0, 0.1) is 5.92 Å². The predicted molar refractivity (Wildman–Crippen MR) is 79.8 cm³/mol. The fraction of sp³-hybridized carbons (Fsp3) is 0.467. The van der Waals surface area contributed by atoms with Gasteiger partial charge in [0.15, 0.2) is 0 Å². The number of benzene rings is 1. The van der Waals surface area contributed by atoms with E-state index in [1.54, 1.807) is 24.0 Å². The number of hydrogen-bond donors (Lipinski definition) is 3. The predicted octanol–water partition coefficient (Wildman–Crippen LogP) is 1.04. The van der Waals surface area contributed by atoms with Crippen molar-refractivity contribution < 1.29 is 14.7 Å². The number of rotatable bonds is 4. The number of amides is 3. The molecule has 3 amide bonds. The molecule has 2 atom stereocenters. The fourth-order valence-electron chi connectivity index (χ4n) is 2.37. The van der Waals surface area contributed by atoms with Gasteiger partial charge in [-0.3, -0.25) is 4.79 Å². The highest BCUT2D eigenvalue weighted by atomic mass is 16.3. The Morgan fingerprint density at radius 1 is 1.38 bits per heavy atom. The number of hydrogen-bond acceptors (Lipinski definition) is 3. The first-order chi connectivity index (χ1) is 10.1. The highest BCUT2D eigenvalue weighted by Gasteiger charge is 2.28. The van der Waals surface area contributed by atoms with Crippen molar-refractivity contribution in [3.05, 3.63) is 30.3 Å². The minimum atomic E-state index is -0.405. The van der Waals surface area contributed by atoms with E-state index in [9.17, 15) is 14.7 Å². The molecule has 3 N–H and O–H groups in total. The van der Waals surface area contributed by atoms with Crippen LogP contribution < -0.4 is 10.6 Å². The van der Waals surface area contributed by atoms with Crippen LogP contribution in [0.15, 0.2) is 30.3 Å². The number of aliphatic hydroxyl groups excluding tert-OH is 1. The number of carbonyl (C=O) groups excluding carboxylic acids is 2. The molecule has 0 saturated carbocycles. The molecule has 1 aromatic rings. The Morgan fingerprint density at radius 2 is 2.10 bits per heavy atom. The van der Waals surface area contributed by atoms with Gasteiger partial charge in [0.1, 0.15) is 0 Å². The first-order valence-corrected chi connectivity index (χ1v) is 7.12. The van der Waals surface area contributed by atoms with Crippen molar-refractivity contribution in [3.63, 3.8) is 0 Å². The summed E-state index contributed by atoms with van der Waals surface area (Å²) in [6.45, 7) is 2.89. The first-order valence-electron chi connectivity index (χ1n) is 7.12. The summed E-state index contributed by atoms with van der Waals surface area (Å²) in [7, 11) is 0. The monoisotopic (exact) mass is 291 g/mol. The largest absolute Gasteiger partial charge is 0.393 e. The van der Waals surface area contributed by atoms with Crippen LogP contribution in [0.2, 0.25) is 0 Å². The highest BCUT2D eigenvalue weighted by Crippen LogP contribution is 2.19. The van der Waals surface area contributed by atoms with Crippen LogP contribution in [-0.2, 0) is 4.79 Å². The van der Waals surface area contributed by atoms with E-state index in [4.69, 9.17) is 0 Å². The van der Waals surface area contributed by atoms with Crippen molar-refractivity contribution in [2.45, 2.75) is 19.4 Å². The molecule has 0 radical (unpaired) electrons. The molecule has 1 fully saturated rings. The van der Waals surface area contributed by atoms with E-state index in [-0.39, 0.29) is 18.4 Å². The molecule has 0 aliphatic carbocycles. The van der Waals surface area contributed by atoms with E-state index in [1.807, 2.05) is 18.2 Å². The average molecular weight is 291 g/mol. The molecule has 0 bridgehead atoms. The molecule has 2 unspecified atom stereocenters. The lowest BCUT2D eigenvalue weighted by atomic mass is 10.0. The molecule has 21 heavy (non-hydrogen) atoms. The fourth-order valence-corrected chi connectivity index (χ4v) is 2.37. The molecule has 114 valence electrons. The Labute approximate surface area is 124 Å². The van der Waals surface area contributed by atoms with Crippen LogP contribution in [-0.4, -0.2) is 47.7 Å². The van der Waals surface area contributed by atoms with Crippen LogP contribution in [0.3, 0.4) is 0 Å². The summed E-state index contributed by atoms with van der Waals surface area (Å²) < 4.78 is 0. The summed E-state index contributed by atoms with van der Waals surface area (Å²) in [4.78, 5) is 25.3. The third kappa shape index (κ3) is 4.46. The second kappa shape index (κ2) is 7.08. The maximum absolute atomic E-state index is 12.0. The molecule has 6 heteroatoms. The number of anilines is 1. The van der Waals surface area contributed by atoms with Crippen molar-refractivity contribution in [2.75, 3.05) is 25.0 Å². The van der Waals surface area contributed by atoms with Crippen molar-refractivity contribution >= 4 is 17.6 Å². The second-order valence-corrected chi connectivity index (χ2v) is 5.30. The Kier molecular flexibility index (Phi) is 5.16. The molecule has 1 saturated heterocycles. The van der Waals surface area contributed by atoms with E-state index in [0.29, 0.717) is 18.8 Å². The van der Waals surface area contributed by atoms with Gasteiger partial charge in [-0.15, -0.1) is 0 Å². The summed E-state index contributed by atoms with van der Waals surface area (Å²) in [6.07, 6.45) is 0.400. The zero-order valence-corrected chi connectivity index (χ0v) is 12.1. The molecular formula is C15H21N3O3. The first kappa shape index (κ1) is 15.3. The molecule has 1 heterocycles. The molecule has 1 aliphatic rings. The third-order valence-electron chi connectivity index (χ3n) is 3.69. The Hall–Kier alpha value is -2.08. The number of urea groups is 1. The summed E-state index contributed by atoms with van der Waals surface area (Å²) >= 11 is 0. The molecule has 1 aliphatic heterocycles. The minimum absolute atomic E-state index is 0.0365. The van der Waals surface area contributed by atoms with Crippen molar-refractivity contribution in [2.24, 2.45) is 5.92 Å². The maximum Gasteiger partial charge on any atom is 0.319 e. The lowest BCUT2D eigenvalue weighted by Crippen LogP contribution is -2.41. The minimum Gasteiger partial charge on any atom is -0.393 e. The highest BCUT2D eigenvalue weighted by molar-refractivity contribution is 5.92. The van der Waals surface area contributed by atoms with Crippen LogP contribution in [0.5, 0.6) is 0 Å². The van der Waals surface area contributed by atoms with Gasteiger partial charge in [-0.2, -0.15) is 0 Å². The normalized spacial score (nSPS) is 19.1. The zero-order chi connectivity index (χ0) is 15.2. The van der Waals surface area contributed by atoms with Crippen LogP contribution in [0.1, 0.15) is 13.3 Å². The molecule has 6 nitrogen and oxygen atoms in total. The van der Waals surface area contributed by atoms with Crippen molar-refractivity contribution in [3.8, 4) is 0 Å². The van der Waals surface area contributed by atoms with Gasteiger partial charge in [0.05, 0.1) is 12.6 Å². The number of likely N-dealkylation sites (tertiary alicyclic amines) is 1. The van der Waals surface area contributed by atoms with Gasteiger partial charge >= 0.3 is 6.03 Å². The number of aliphatic hydroxyl groups is 1. The Morgan fingerprint density at radius 3 is 2.71 bits per heavy atom. The standard InChI is InChI=1S/C15H21N3O3/c1-11(19)12-7-8-18(10-12)14(20)9-16-15(21)17-13-5-3-2-4-6-13/h2-6,11-12,19H,7-10H2,1H3,(H2,16,17,21). The topological polar surface area (TPSA) is 81.7 Å². The van der Waals surface area contributed by atoms with Crippen LogP contribution in [0.4, 0.5) is 10.5 Å². The zero-order valence-electron chi connectivity index (χ0n) is 12.1. The van der Waals surface area contributed by atoms with Gasteiger partial charge in [-0.25, -0.2) is 4.79 Å². The third-order valence-corrected chi connectivity index (χ3v) is 3.69. The molecule has 2 rings (SSSR count). The van der Waals surface area contributed by atoms with E-state index < -0.39 is 12.1 Å². The number of nitrogens with zero attached hydrogens (tertiary/aromatic N) is 1. The van der Waals surface area contributed by atoms with Crippen molar-refractivity contribution in [1.29, 1.82) is 0 Å². The van der Waals surface area contributed by atoms with Gasteiger partial charge in [0, 0.05) is 24.7 Å². The van der Waals surface area contributed by atoms with Crippen molar-refractivity contribution in [1.82, 2.24) is 10.2 Å². The van der Waals surface area contributed by atoms with Crippen LogP contribution in [0.25, 0.3) is 0 Å². The SMILES string of the molecule is CC(O)C1CCN(C(=O)CNC(=O)Nc2ccccc2)C1. The van der Waals surface area contributed by atoms with E-state index in [2.05, 4.69) is 10.6 Å². The summed E-state index contributed by atoms with van der Waals surface area (Å²) in [6, 6.07) is 8.64. The summed E-state index contributed by atoms with van der Waals surface area (Å²) in [5.74, 6) is 0.00783. The second-order valence-electron chi connectivity index (χ2n) is 5.30. The average Bonchev–Trinajstić information content (AvgIpc) is 2.96. The molecule has 0 aromatic heterocycles. The Balaban J connectivity index is 1.73. The molecular weight excluding hydrogens is 270 g/mol. The smallest absolute Gasteiger partial charge is 0.319 e. The number of carbonyl (C=O) groups is 2. The summed E-state index contributed by atoms with van der Waals surface area (Å²) in [5, 5.41) is 14.7. The van der Waals surface area contributed by atoms with Gasteiger partial charge in [-0.1, -0.05) is 18.2 Å². The van der Waals surface area contributed by atoms with E-state index >= 15 is 0 Å². The van der Waals surface area contributed by atoms with Gasteiger partial charge in [0.25, 0.3) is 0 Å². The van der Waals surface area contributed by atoms with E-state index in [0.717, 1.165) is 6.42 Å². The molecule has 0 spiro atoms. The Bertz CT molecular complexity index is 490. The number of para-hydroxylation sites is 1. The lowest BCUT2D eigenvalue weighted by Gasteiger charge is -2.18. The van der Waals surface area contributed by atoms with Crippen LogP contribution >= 0.6 is 0 Å². The lowest BCUT2D eigenvalue weighted by molar-refractivity contribution is -0.129. The molecule has 1 aromatic carbocycles. The quantitative estimate of drug-likeness (QED) is 0.775. The van der Waals surface area contributed by atoms with Gasteiger partial charge < -0.3 is 20.6 Å².